The normalized spacial score (nSPS) is 15.6. The highest BCUT2D eigenvalue weighted by molar-refractivity contribution is 5.79. The van der Waals surface area contributed by atoms with Gasteiger partial charge in [-0.2, -0.15) is 0 Å². The van der Waals surface area contributed by atoms with E-state index in [1.807, 2.05) is 41.3 Å². The van der Waals surface area contributed by atoms with E-state index in [0.29, 0.717) is 30.5 Å². The molecule has 1 fully saturated rings. The van der Waals surface area contributed by atoms with Crippen molar-refractivity contribution >= 4 is 11.9 Å². The average molecular weight is 435 g/mol. The van der Waals surface area contributed by atoms with Crippen LogP contribution in [0.15, 0.2) is 59.3 Å². The lowest BCUT2D eigenvalue weighted by Gasteiger charge is -2.23. The summed E-state index contributed by atoms with van der Waals surface area (Å²) in [5.74, 6) is 0.158. The van der Waals surface area contributed by atoms with Gasteiger partial charge in [0.05, 0.1) is 18.9 Å². The molecule has 1 aromatic carbocycles. The van der Waals surface area contributed by atoms with Gasteiger partial charge in [-0.05, 0) is 24.0 Å². The van der Waals surface area contributed by atoms with Crippen molar-refractivity contribution < 1.29 is 24.0 Å². The Hall–Kier alpha value is -3.68. The molecule has 8 nitrogen and oxygen atoms in total. The first-order chi connectivity index (χ1) is 15.6. The predicted octanol–water partition coefficient (Wildman–Crippen LogP) is 3.57. The van der Waals surface area contributed by atoms with Crippen LogP contribution in [0.1, 0.15) is 47.9 Å². The molecule has 0 bridgehead atoms. The highest BCUT2D eigenvalue weighted by Gasteiger charge is 2.32. The minimum absolute atomic E-state index is 0.00217. The zero-order chi connectivity index (χ0) is 22.3. The first-order valence-electron chi connectivity index (χ1n) is 10.7. The van der Waals surface area contributed by atoms with Gasteiger partial charge in [-0.1, -0.05) is 41.6 Å². The Labute approximate surface area is 185 Å². The van der Waals surface area contributed by atoms with Crippen LogP contribution in [0, 0.1) is 0 Å². The van der Waals surface area contributed by atoms with Gasteiger partial charge in [-0.15, -0.1) is 0 Å². The van der Waals surface area contributed by atoms with E-state index >= 15 is 0 Å². The third-order valence-corrected chi connectivity index (χ3v) is 5.46. The van der Waals surface area contributed by atoms with Crippen LogP contribution in [0.25, 0.3) is 0 Å². The summed E-state index contributed by atoms with van der Waals surface area (Å²) in [5, 5.41) is 12.9. The number of ether oxygens (including phenoxy) is 1. The number of likely N-dealkylation sites (tertiary alicyclic amines) is 1. The van der Waals surface area contributed by atoms with Gasteiger partial charge in [0.1, 0.15) is 18.1 Å². The zero-order valence-corrected chi connectivity index (χ0v) is 17.6. The fourth-order valence-corrected chi connectivity index (χ4v) is 3.82. The molecule has 0 spiro atoms. The van der Waals surface area contributed by atoms with E-state index in [1.165, 1.54) is 0 Å². The van der Waals surface area contributed by atoms with Crippen LogP contribution in [-0.2, 0) is 29.0 Å². The van der Waals surface area contributed by atoms with Gasteiger partial charge in [0, 0.05) is 31.3 Å². The van der Waals surface area contributed by atoms with E-state index in [0.717, 1.165) is 24.0 Å². The second-order valence-electron chi connectivity index (χ2n) is 7.81. The third-order valence-electron chi connectivity index (χ3n) is 5.46. The fourth-order valence-electron chi connectivity index (χ4n) is 3.82. The number of carboxylic acid groups (broad SMARTS) is 1. The molecule has 8 heteroatoms. The number of hydrogen-bond donors (Lipinski definition) is 1. The molecule has 4 rings (SSSR count). The molecule has 166 valence electrons. The molecule has 3 aromatic rings. The van der Waals surface area contributed by atoms with Crippen molar-refractivity contribution in [3.05, 3.63) is 77.3 Å². The number of aryl methyl sites for hydroxylation is 1. The number of carbonyl (C=O) groups excluding carboxylic acids is 1. The lowest BCUT2D eigenvalue weighted by Crippen LogP contribution is -2.32. The molecule has 0 radical (unpaired) electrons. The number of carbonyl (C=O) groups is 2. The molecule has 1 amide bonds. The Balaban J connectivity index is 1.33. The molecule has 3 heterocycles. The minimum Gasteiger partial charge on any atom is -0.481 e. The molecule has 1 atom stereocenters. The standard InChI is InChI=1S/C24H25N3O5/c28-23(13-18-8-10-22(25-15-18)31-16-17-5-2-1-3-6-17)27-12-4-7-21(27)20-14-19(32-26-20)9-11-24(29)30/h1-3,5-6,8,10,14-15,21H,4,7,9,11-13,16H2,(H,29,30). The van der Waals surface area contributed by atoms with E-state index in [-0.39, 0.29) is 31.2 Å². The molecule has 1 aliphatic rings. The van der Waals surface area contributed by atoms with E-state index in [1.54, 1.807) is 18.3 Å². The zero-order valence-electron chi connectivity index (χ0n) is 17.6. The molecular formula is C24H25N3O5. The molecule has 1 aliphatic heterocycles. The Morgan fingerprint density at radius 3 is 2.75 bits per heavy atom. The largest absolute Gasteiger partial charge is 0.481 e. The lowest BCUT2D eigenvalue weighted by atomic mass is 10.1. The van der Waals surface area contributed by atoms with Crippen LogP contribution >= 0.6 is 0 Å². The molecule has 1 unspecified atom stereocenters. The van der Waals surface area contributed by atoms with E-state index in [9.17, 15) is 9.59 Å². The van der Waals surface area contributed by atoms with Gasteiger partial charge in [0.15, 0.2) is 0 Å². The van der Waals surface area contributed by atoms with E-state index in [2.05, 4.69) is 10.1 Å². The molecule has 0 aliphatic carbocycles. The number of aromatic nitrogens is 2. The number of pyridine rings is 1. The van der Waals surface area contributed by atoms with Crippen LogP contribution < -0.4 is 4.74 Å². The highest BCUT2D eigenvalue weighted by atomic mass is 16.5. The number of aliphatic carboxylic acids is 1. The number of nitrogens with zero attached hydrogens (tertiary/aromatic N) is 3. The summed E-state index contributed by atoms with van der Waals surface area (Å²) in [7, 11) is 0. The van der Waals surface area contributed by atoms with Crippen LogP contribution in [0.3, 0.4) is 0 Å². The number of hydrogen-bond acceptors (Lipinski definition) is 6. The Morgan fingerprint density at radius 1 is 1.16 bits per heavy atom. The van der Waals surface area contributed by atoms with Gasteiger partial charge in [0.25, 0.3) is 0 Å². The van der Waals surface area contributed by atoms with Crippen LogP contribution in [-0.4, -0.2) is 38.6 Å². The van der Waals surface area contributed by atoms with Crippen molar-refractivity contribution in [2.75, 3.05) is 6.54 Å². The second kappa shape index (κ2) is 10.1. The first-order valence-corrected chi connectivity index (χ1v) is 10.7. The van der Waals surface area contributed by atoms with Crippen LogP contribution in [0.5, 0.6) is 5.88 Å². The number of carboxylic acids is 1. The number of benzene rings is 1. The monoisotopic (exact) mass is 435 g/mol. The van der Waals surface area contributed by atoms with Crippen LogP contribution in [0.4, 0.5) is 0 Å². The molecule has 0 saturated carbocycles. The fraction of sp³-hybridized carbons (Fsp3) is 0.333. The summed E-state index contributed by atoms with van der Waals surface area (Å²) in [6, 6.07) is 15.1. The SMILES string of the molecule is O=C(O)CCc1cc(C2CCCN2C(=O)Cc2ccc(OCc3ccccc3)nc2)no1. The average Bonchev–Trinajstić information content (AvgIpc) is 3.47. The summed E-state index contributed by atoms with van der Waals surface area (Å²) in [6.07, 6.45) is 3.88. The maximum Gasteiger partial charge on any atom is 0.303 e. The van der Waals surface area contributed by atoms with E-state index < -0.39 is 5.97 Å². The second-order valence-corrected chi connectivity index (χ2v) is 7.81. The Kier molecular flexibility index (Phi) is 6.79. The van der Waals surface area contributed by atoms with Crippen molar-refractivity contribution in [1.29, 1.82) is 0 Å². The van der Waals surface area contributed by atoms with Gasteiger partial charge in [-0.3, -0.25) is 9.59 Å². The summed E-state index contributed by atoms with van der Waals surface area (Å²) >= 11 is 0. The van der Waals surface area contributed by atoms with Crippen molar-refractivity contribution in [3.8, 4) is 5.88 Å². The summed E-state index contributed by atoms with van der Waals surface area (Å²) in [5.41, 5.74) is 2.56. The van der Waals surface area contributed by atoms with E-state index in [4.69, 9.17) is 14.4 Å². The lowest BCUT2D eigenvalue weighted by molar-refractivity contribution is -0.137. The van der Waals surface area contributed by atoms with Crippen molar-refractivity contribution in [3.63, 3.8) is 0 Å². The molecule has 1 N–H and O–H groups in total. The maximum atomic E-state index is 12.9. The van der Waals surface area contributed by atoms with Gasteiger partial charge < -0.3 is 19.3 Å². The first kappa shape index (κ1) is 21.5. The van der Waals surface area contributed by atoms with Crippen molar-refractivity contribution in [2.45, 2.75) is 44.8 Å². The molecule has 32 heavy (non-hydrogen) atoms. The molecular weight excluding hydrogens is 410 g/mol. The van der Waals surface area contributed by atoms with Crippen molar-refractivity contribution in [1.82, 2.24) is 15.0 Å². The van der Waals surface area contributed by atoms with Gasteiger partial charge in [0.2, 0.25) is 11.8 Å². The maximum absolute atomic E-state index is 12.9. The number of amides is 1. The smallest absolute Gasteiger partial charge is 0.303 e. The number of rotatable bonds is 9. The third kappa shape index (κ3) is 5.51. The Bertz CT molecular complexity index is 1050. The molecule has 2 aromatic heterocycles. The molecule has 1 saturated heterocycles. The topological polar surface area (TPSA) is 106 Å². The van der Waals surface area contributed by atoms with Gasteiger partial charge in [-0.25, -0.2) is 4.98 Å². The minimum atomic E-state index is -0.884. The van der Waals surface area contributed by atoms with Crippen molar-refractivity contribution in [2.24, 2.45) is 0 Å². The summed E-state index contributed by atoms with van der Waals surface area (Å²) in [6.45, 7) is 1.10. The quantitative estimate of drug-likeness (QED) is 0.548. The summed E-state index contributed by atoms with van der Waals surface area (Å²) < 4.78 is 11.0. The summed E-state index contributed by atoms with van der Waals surface area (Å²) in [4.78, 5) is 29.8. The van der Waals surface area contributed by atoms with Gasteiger partial charge >= 0.3 is 5.97 Å². The van der Waals surface area contributed by atoms with Crippen LogP contribution in [0.2, 0.25) is 0 Å². The Morgan fingerprint density at radius 2 is 2.00 bits per heavy atom. The predicted molar refractivity (Wildman–Crippen MR) is 115 cm³/mol. The highest BCUT2D eigenvalue weighted by Crippen LogP contribution is 2.32.